The van der Waals surface area contributed by atoms with Crippen molar-refractivity contribution in [2.45, 2.75) is 58.3 Å². The number of para-hydroxylation sites is 2. The molecule has 1 aromatic carbocycles. The molecule has 0 aromatic heterocycles. The molecule has 1 heterocycles. The van der Waals surface area contributed by atoms with Gasteiger partial charge in [-0.25, -0.2) is 10.3 Å². The normalized spacial score (nSPS) is 13.1. The van der Waals surface area contributed by atoms with E-state index in [0.717, 1.165) is 23.6 Å². The highest BCUT2D eigenvalue weighted by atomic mass is 15.1. The van der Waals surface area contributed by atoms with Gasteiger partial charge in [-0.1, -0.05) is 57.6 Å². The van der Waals surface area contributed by atoms with Crippen LogP contribution in [0.5, 0.6) is 0 Å². The number of hydrogen-bond acceptors (Lipinski definition) is 1. The average molecular weight is 243 g/mol. The van der Waals surface area contributed by atoms with Crippen molar-refractivity contribution in [1.82, 2.24) is 5.32 Å². The SMILES string of the molecule is CCCCCCCCCC1=Nc2ccccc2[N]1. The molecule has 0 fully saturated rings. The molecule has 1 aromatic rings. The third kappa shape index (κ3) is 3.86. The summed E-state index contributed by atoms with van der Waals surface area (Å²) in [5, 5.41) is 4.55. The number of amidine groups is 1. The fourth-order valence-corrected chi connectivity index (χ4v) is 2.31. The van der Waals surface area contributed by atoms with Crippen LogP contribution in [0.2, 0.25) is 0 Å². The zero-order chi connectivity index (χ0) is 12.6. The van der Waals surface area contributed by atoms with Crippen molar-refractivity contribution in [1.29, 1.82) is 0 Å². The van der Waals surface area contributed by atoms with Crippen LogP contribution in [-0.2, 0) is 0 Å². The van der Waals surface area contributed by atoms with Crippen LogP contribution in [0.15, 0.2) is 29.3 Å². The fourth-order valence-electron chi connectivity index (χ4n) is 2.31. The first-order valence-electron chi connectivity index (χ1n) is 7.28. The van der Waals surface area contributed by atoms with Crippen LogP contribution < -0.4 is 5.32 Å². The average Bonchev–Trinajstić information content (AvgIpc) is 2.80. The molecule has 0 aliphatic carbocycles. The highest BCUT2D eigenvalue weighted by Crippen LogP contribution is 2.30. The smallest absolute Gasteiger partial charge is 0.129 e. The second kappa shape index (κ2) is 7.20. The van der Waals surface area contributed by atoms with E-state index in [0.29, 0.717) is 0 Å². The number of nitrogens with zero attached hydrogens (tertiary/aromatic N) is 2. The van der Waals surface area contributed by atoms with E-state index in [9.17, 15) is 0 Å². The Morgan fingerprint density at radius 2 is 1.50 bits per heavy atom. The van der Waals surface area contributed by atoms with Crippen molar-refractivity contribution in [3.05, 3.63) is 24.3 Å². The van der Waals surface area contributed by atoms with E-state index in [1.165, 1.54) is 44.9 Å². The lowest BCUT2D eigenvalue weighted by atomic mass is 10.1. The lowest BCUT2D eigenvalue weighted by Gasteiger charge is -2.01. The minimum absolute atomic E-state index is 1.02. The zero-order valence-corrected chi connectivity index (χ0v) is 11.4. The van der Waals surface area contributed by atoms with Crippen molar-refractivity contribution in [2.75, 3.05) is 0 Å². The molecule has 1 aliphatic heterocycles. The van der Waals surface area contributed by atoms with Gasteiger partial charge in [-0.3, -0.25) is 0 Å². The second-order valence-electron chi connectivity index (χ2n) is 5.00. The Hall–Kier alpha value is -1.31. The summed E-state index contributed by atoms with van der Waals surface area (Å²) in [6.07, 6.45) is 10.4. The second-order valence-corrected chi connectivity index (χ2v) is 5.00. The van der Waals surface area contributed by atoms with E-state index in [1.54, 1.807) is 0 Å². The third-order valence-corrected chi connectivity index (χ3v) is 3.38. The van der Waals surface area contributed by atoms with Gasteiger partial charge in [0.15, 0.2) is 0 Å². The maximum Gasteiger partial charge on any atom is 0.129 e. The van der Waals surface area contributed by atoms with Gasteiger partial charge in [0.25, 0.3) is 0 Å². The molecule has 0 unspecified atom stereocenters. The van der Waals surface area contributed by atoms with Gasteiger partial charge in [-0.05, 0) is 18.6 Å². The van der Waals surface area contributed by atoms with Gasteiger partial charge in [0.2, 0.25) is 0 Å². The molecule has 2 rings (SSSR count). The van der Waals surface area contributed by atoms with Gasteiger partial charge < -0.3 is 0 Å². The Bertz CT molecular complexity index is 396. The van der Waals surface area contributed by atoms with Crippen LogP contribution in [0.1, 0.15) is 58.3 Å². The van der Waals surface area contributed by atoms with Crippen LogP contribution >= 0.6 is 0 Å². The van der Waals surface area contributed by atoms with E-state index in [2.05, 4.69) is 17.2 Å². The van der Waals surface area contributed by atoms with Gasteiger partial charge in [-0.2, -0.15) is 0 Å². The predicted molar refractivity (Wildman–Crippen MR) is 77.9 cm³/mol. The molecule has 97 valence electrons. The number of benzene rings is 1. The van der Waals surface area contributed by atoms with Gasteiger partial charge in [-0.15, -0.1) is 0 Å². The molecule has 0 saturated carbocycles. The van der Waals surface area contributed by atoms with Crippen molar-refractivity contribution in [2.24, 2.45) is 4.99 Å². The lowest BCUT2D eigenvalue weighted by Crippen LogP contribution is -2.05. The fraction of sp³-hybridized carbons (Fsp3) is 0.562. The summed E-state index contributed by atoms with van der Waals surface area (Å²) in [5.74, 6) is 1.02. The minimum Gasteiger partial charge on any atom is -0.231 e. The maximum absolute atomic E-state index is 4.55. The summed E-state index contributed by atoms with van der Waals surface area (Å²) in [7, 11) is 0. The molecular formula is C16H23N2. The van der Waals surface area contributed by atoms with Crippen molar-refractivity contribution >= 4 is 17.2 Å². The highest BCUT2D eigenvalue weighted by Gasteiger charge is 2.13. The van der Waals surface area contributed by atoms with E-state index < -0.39 is 0 Å². The Morgan fingerprint density at radius 1 is 0.833 bits per heavy atom. The molecular weight excluding hydrogens is 220 g/mol. The lowest BCUT2D eigenvalue weighted by molar-refractivity contribution is 0.594. The van der Waals surface area contributed by atoms with Gasteiger partial charge in [0, 0.05) is 6.42 Å². The zero-order valence-electron chi connectivity index (χ0n) is 11.4. The van der Waals surface area contributed by atoms with Crippen LogP contribution in [0.3, 0.4) is 0 Å². The minimum atomic E-state index is 1.02. The number of rotatable bonds is 8. The predicted octanol–water partition coefficient (Wildman–Crippen LogP) is 5.11. The summed E-state index contributed by atoms with van der Waals surface area (Å²) in [5.41, 5.74) is 2.07. The summed E-state index contributed by atoms with van der Waals surface area (Å²) in [6.45, 7) is 2.26. The van der Waals surface area contributed by atoms with Crippen molar-refractivity contribution < 1.29 is 0 Å². The summed E-state index contributed by atoms with van der Waals surface area (Å²) >= 11 is 0. The first-order valence-corrected chi connectivity index (χ1v) is 7.28. The molecule has 1 aliphatic rings. The van der Waals surface area contributed by atoms with Gasteiger partial charge in [0.1, 0.15) is 5.84 Å². The summed E-state index contributed by atoms with van der Waals surface area (Å²) in [6, 6.07) is 8.12. The Morgan fingerprint density at radius 3 is 2.22 bits per heavy atom. The third-order valence-electron chi connectivity index (χ3n) is 3.38. The number of hydrogen-bond donors (Lipinski definition) is 0. The van der Waals surface area contributed by atoms with E-state index >= 15 is 0 Å². The van der Waals surface area contributed by atoms with Crippen LogP contribution in [0, 0.1) is 0 Å². The highest BCUT2D eigenvalue weighted by molar-refractivity contribution is 5.95. The largest absolute Gasteiger partial charge is 0.231 e. The van der Waals surface area contributed by atoms with E-state index in [4.69, 9.17) is 0 Å². The number of unbranched alkanes of at least 4 members (excludes halogenated alkanes) is 6. The Balaban J connectivity index is 1.59. The van der Waals surface area contributed by atoms with Crippen molar-refractivity contribution in [3.63, 3.8) is 0 Å². The molecule has 18 heavy (non-hydrogen) atoms. The number of aliphatic imine (C=N–C) groups is 1. The molecule has 0 amide bonds. The van der Waals surface area contributed by atoms with Crippen LogP contribution in [0.4, 0.5) is 11.4 Å². The Kier molecular flexibility index (Phi) is 5.25. The van der Waals surface area contributed by atoms with Gasteiger partial charge >= 0.3 is 0 Å². The van der Waals surface area contributed by atoms with Crippen LogP contribution in [-0.4, -0.2) is 5.84 Å². The molecule has 1 radical (unpaired) electrons. The van der Waals surface area contributed by atoms with Gasteiger partial charge in [0.05, 0.1) is 11.4 Å². The molecule has 0 N–H and O–H groups in total. The molecule has 0 atom stereocenters. The molecule has 2 heteroatoms. The van der Waals surface area contributed by atoms with Crippen LogP contribution in [0.25, 0.3) is 0 Å². The van der Waals surface area contributed by atoms with E-state index in [-0.39, 0.29) is 0 Å². The number of fused-ring (bicyclic) bond motifs is 1. The molecule has 2 nitrogen and oxygen atoms in total. The first kappa shape index (κ1) is 13.1. The van der Waals surface area contributed by atoms with Crippen molar-refractivity contribution in [3.8, 4) is 0 Å². The molecule has 0 bridgehead atoms. The maximum atomic E-state index is 4.55. The molecule has 0 spiro atoms. The quantitative estimate of drug-likeness (QED) is 0.567. The Labute approximate surface area is 111 Å². The molecule has 0 saturated heterocycles. The standard InChI is InChI=1S/C16H23N2/c1-2-3-4-5-6-7-8-13-16-17-14-11-9-10-12-15(14)18-16/h9-12H,2-8,13H2,1H3. The summed E-state index contributed by atoms with van der Waals surface area (Å²) < 4.78 is 0. The summed E-state index contributed by atoms with van der Waals surface area (Å²) in [4.78, 5) is 4.55. The van der Waals surface area contributed by atoms with E-state index in [1.807, 2.05) is 24.3 Å². The topological polar surface area (TPSA) is 26.5 Å². The first-order chi connectivity index (χ1) is 8.90. The monoisotopic (exact) mass is 243 g/mol.